The van der Waals surface area contributed by atoms with E-state index in [4.69, 9.17) is 4.74 Å². The van der Waals surface area contributed by atoms with Crippen LogP contribution < -0.4 is 5.32 Å². The number of halogens is 1. The molecule has 0 spiro atoms. The molecule has 1 rings (SSSR count). The third-order valence-electron chi connectivity index (χ3n) is 3.93. The SMILES string of the molecule is COC(=O)[C@H](CC(C)C)NC(=O)CCCN(C)S(=O)(=O)c1ccc(F)cc1. The number of hydrogen-bond donors (Lipinski definition) is 1. The van der Waals surface area contributed by atoms with Crippen molar-refractivity contribution in [1.29, 1.82) is 0 Å². The molecule has 152 valence electrons. The highest BCUT2D eigenvalue weighted by Crippen LogP contribution is 2.15. The van der Waals surface area contributed by atoms with Gasteiger partial charge in [-0.25, -0.2) is 21.9 Å². The van der Waals surface area contributed by atoms with Crippen LogP contribution >= 0.6 is 0 Å². The molecule has 0 radical (unpaired) electrons. The Morgan fingerprint density at radius 1 is 1.22 bits per heavy atom. The van der Waals surface area contributed by atoms with Crippen LogP contribution in [0.5, 0.6) is 0 Å². The fourth-order valence-electron chi connectivity index (χ4n) is 2.46. The molecule has 0 heterocycles. The third kappa shape index (κ3) is 7.26. The first-order valence-electron chi connectivity index (χ1n) is 8.67. The molecule has 1 aromatic carbocycles. The maximum Gasteiger partial charge on any atom is 0.328 e. The number of ether oxygens (including phenoxy) is 1. The Kier molecular flexibility index (Phi) is 8.84. The highest BCUT2D eigenvalue weighted by molar-refractivity contribution is 7.89. The van der Waals surface area contributed by atoms with Crippen LogP contribution in [0.1, 0.15) is 33.1 Å². The van der Waals surface area contributed by atoms with Gasteiger partial charge in [-0.3, -0.25) is 4.79 Å². The third-order valence-corrected chi connectivity index (χ3v) is 5.80. The molecule has 0 aliphatic rings. The summed E-state index contributed by atoms with van der Waals surface area (Å²) in [5.74, 6) is -1.18. The molecular formula is C18H27FN2O5S. The van der Waals surface area contributed by atoms with Crippen molar-refractivity contribution >= 4 is 21.9 Å². The van der Waals surface area contributed by atoms with Crippen molar-refractivity contribution < 1.29 is 27.1 Å². The number of rotatable bonds is 10. The maximum atomic E-state index is 12.9. The minimum Gasteiger partial charge on any atom is -0.467 e. The van der Waals surface area contributed by atoms with E-state index in [-0.39, 0.29) is 36.1 Å². The summed E-state index contributed by atoms with van der Waals surface area (Å²) in [6.45, 7) is 3.97. The molecule has 1 atom stereocenters. The Morgan fingerprint density at radius 3 is 2.33 bits per heavy atom. The van der Waals surface area contributed by atoms with Gasteiger partial charge >= 0.3 is 5.97 Å². The number of benzene rings is 1. The minimum atomic E-state index is -3.75. The van der Waals surface area contributed by atoms with Gasteiger partial charge in [-0.2, -0.15) is 0 Å². The molecular weight excluding hydrogens is 375 g/mol. The van der Waals surface area contributed by atoms with Gasteiger partial charge in [0, 0.05) is 20.0 Å². The van der Waals surface area contributed by atoms with E-state index in [2.05, 4.69) is 5.32 Å². The smallest absolute Gasteiger partial charge is 0.328 e. The number of esters is 1. The predicted molar refractivity (Wildman–Crippen MR) is 98.9 cm³/mol. The Morgan fingerprint density at radius 2 is 1.81 bits per heavy atom. The lowest BCUT2D eigenvalue weighted by Crippen LogP contribution is -2.42. The highest BCUT2D eigenvalue weighted by Gasteiger charge is 2.23. The van der Waals surface area contributed by atoms with Crippen LogP contribution in [0.4, 0.5) is 4.39 Å². The van der Waals surface area contributed by atoms with Gasteiger partial charge < -0.3 is 10.1 Å². The summed E-state index contributed by atoms with van der Waals surface area (Å²) >= 11 is 0. The first-order valence-corrected chi connectivity index (χ1v) is 10.1. The van der Waals surface area contributed by atoms with E-state index in [9.17, 15) is 22.4 Å². The predicted octanol–water partition coefficient (Wildman–Crippen LogP) is 1.93. The van der Waals surface area contributed by atoms with Gasteiger partial charge in [0.2, 0.25) is 15.9 Å². The van der Waals surface area contributed by atoms with Gasteiger partial charge in [0.05, 0.1) is 12.0 Å². The van der Waals surface area contributed by atoms with Gasteiger partial charge in [-0.1, -0.05) is 13.8 Å². The van der Waals surface area contributed by atoms with E-state index in [1.807, 2.05) is 13.8 Å². The zero-order valence-corrected chi connectivity index (χ0v) is 16.9. The van der Waals surface area contributed by atoms with Crippen LogP contribution in [0.15, 0.2) is 29.2 Å². The number of carbonyl (C=O) groups excluding carboxylic acids is 2. The molecule has 7 nitrogen and oxygen atoms in total. The summed E-state index contributed by atoms with van der Waals surface area (Å²) in [6, 6.07) is 3.83. The largest absolute Gasteiger partial charge is 0.467 e. The Hall–Kier alpha value is -2.00. The van der Waals surface area contributed by atoms with E-state index in [1.165, 1.54) is 26.3 Å². The second-order valence-corrected chi connectivity index (χ2v) is 8.70. The molecule has 1 aromatic rings. The monoisotopic (exact) mass is 402 g/mol. The number of nitrogens with one attached hydrogen (secondary N) is 1. The summed E-state index contributed by atoms with van der Waals surface area (Å²) in [5, 5.41) is 2.63. The van der Waals surface area contributed by atoms with Crippen LogP contribution in [-0.2, 0) is 24.3 Å². The van der Waals surface area contributed by atoms with Crippen LogP contribution in [0.25, 0.3) is 0 Å². The zero-order chi connectivity index (χ0) is 20.6. The van der Waals surface area contributed by atoms with Gasteiger partial charge in [0.15, 0.2) is 0 Å². The van der Waals surface area contributed by atoms with Crippen LogP contribution in [0.2, 0.25) is 0 Å². The molecule has 1 N–H and O–H groups in total. The van der Waals surface area contributed by atoms with E-state index >= 15 is 0 Å². The van der Waals surface area contributed by atoms with Crippen molar-refractivity contribution in [3.8, 4) is 0 Å². The van der Waals surface area contributed by atoms with E-state index in [0.717, 1.165) is 16.4 Å². The molecule has 9 heteroatoms. The normalized spacial score (nSPS) is 12.9. The summed E-state index contributed by atoms with van der Waals surface area (Å²) in [6.07, 6.45) is 0.796. The van der Waals surface area contributed by atoms with Crippen molar-refractivity contribution in [3.63, 3.8) is 0 Å². The van der Waals surface area contributed by atoms with Crippen LogP contribution in [-0.4, -0.2) is 51.3 Å². The summed E-state index contributed by atoms with van der Waals surface area (Å²) in [7, 11) is -1.09. The number of nitrogens with zero attached hydrogens (tertiary/aromatic N) is 1. The fourth-order valence-corrected chi connectivity index (χ4v) is 3.67. The average Bonchev–Trinajstić information content (AvgIpc) is 2.60. The van der Waals surface area contributed by atoms with Gasteiger partial charge in [0.25, 0.3) is 0 Å². The highest BCUT2D eigenvalue weighted by atomic mass is 32.2. The lowest BCUT2D eigenvalue weighted by atomic mass is 10.0. The van der Waals surface area contributed by atoms with E-state index < -0.39 is 27.9 Å². The van der Waals surface area contributed by atoms with E-state index in [1.54, 1.807) is 0 Å². The topological polar surface area (TPSA) is 92.8 Å². The Labute approximate surface area is 159 Å². The molecule has 0 saturated carbocycles. The molecule has 0 fully saturated rings. The molecule has 1 amide bonds. The first kappa shape index (κ1) is 23.0. The molecule has 0 aliphatic carbocycles. The first-order chi connectivity index (χ1) is 12.6. The Balaban J connectivity index is 2.56. The zero-order valence-electron chi connectivity index (χ0n) is 16.1. The number of amides is 1. The lowest BCUT2D eigenvalue weighted by Gasteiger charge is -2.19. The van der Waals surface area contributed by atoms with Crippen LogP contribution in [0, 0.1) is 11.7 Å². The van der Waals surface area contributed by atoms with Gasteiger partial charge in [-0.05, 0) is 43.0 Å². The summed E-state index contributed by atoms with van der Waals surface area (Å²) in [5.41, 5.74) is 0. The maximum absolute atomic E-state index is 12.9. The average molecular weight is 402 g/mol. The second-order valence-electron chi connectivity index (χ2n) is 6.66. The Bertz CT molecular complexity index is 735. The minimum absolute atomic E-state index is 0.0152. The van der Waals surface area contributed by atoms with Crippen molar-refractivity contribution in [2.75, 3.05) is 20.7 Å². The van der Waals surface area contributed by atoms with E-state index in [0.29, 0.717) is 6.42 Å². The van der Waals surface area contributed by atoms with Gasteiger partial charge in [0.1, 0.15) is 11.9 Å². The summed E-state index contributed by atoms with van der Waals surface area (Å²) in [4.78, 5) is 23.8. The number of methoxy groups -OCH3 is 1. The number of sulfonamides is 1. The molecule has 27 heavy (non-hydrogen) atoms. The fraction of sp³-hybridized carbons (Fsp3) is 0.556. The molecule has 0 saturated heterocycles. The molecule has 0 aromatic heterocycles. The molecule has 0 aliphatic heterocycles. The second kappa shape index (κ2) is 10.4. The molecule has 0 unspecified atom stereocenters. The standard InChI is InChI=1S/C18H27FN2O5S/c1-13(2)12-16(18(23)26-4)20-17(22)6-5-11-21(3)27(24,25)15-9-7-14(19)8-10-15/h7-10,13,16H,5-6,11-12H2,1-4H3,(H,20,22)/t16-/m0/s1. The van der Waals surface area contributed by atoms with Crippen molar-refractivity contribution in [3.05, 3.63) is 30.1 Å². The number of hydrogen-bond acceptors (Lipinski definition) is 5. The van der Waals surface area contributed by atoms with Crippen molar-refractivity contribution in [2.45, 2.75) is 44.0 Å². The van der Waals surface area contributed by atoms with Gasteiger partial charge in [-0.15, -0.1) is 0 Å². The lowest BCUT2D eigenvalue weighted by molar-refractivity contribution is -0.145. The van der Waals surface area contributed by atoms with Crippen molar-refractivity contribution in [1.82, 2.24) is 9.62 Å². The summed E-state index contributed by atoms with van der Waals surface area (Å²) < 4.78 is 43.5. The number of carbonyl (C=O) groups is 2. The quantitative estimate of drug-likeness (QED) is 0.604. The van der Waals surface area contributed by atoms with Crippen molar-refractivity contribution in [2.24, 2.45) is 5.92 Å². The van der Waals surface area contributed by atoms with Crippen LogP contribution in [0.3, 0.4) is 0 Å². The molecule has 0 bridgehead atoms.